The number of hydrogen-bond donors (Lipinski definition) is 0. The molecule has 0 spiro atoms. The van der Waals surface area contributed by atoms with E-state index < -0.39 is 52.6 Å². The maximum Gasteiger partial charge on any atom is 0.402 e. The number of aromatic nitrogens is 3. The first-order valence-corrected chi connectivity index (χ1v) is 15.1. The molecule has 3 atom stereocenters. The van der Waals surface area contributed by atoms with Crippen molar-refractivity contribution in [2.24, 2.45) is 5.41 Å². The van der Waals surface area contributed by atoms with Gasteiger partial charge in [-0.3, -0.25) is 9.78 Å². The predicted molar refractivity (Wildman–Crippen MR) is 154 cm³/mol. The van der Waals surface area contributed by atoms with Crippen LogP contribution in [0.15, 0.2) is 83.5 Å². The molecule has 44 heavy (non-hydrogen) atoms. The van der Waals surface area contributed by atoms with Gasteiger partial charge in [0.15, 0.2) is 5.78 Å². The number of nitrogens with zero attached hydrogens (tertiary/aromatic N) is 4. The molecule has 2 aromatic carbocycles. The van der Waals surface area contributed by atoms with E-state index in [-0.39, 0.29) is 41.3 Å². The fourth-order valence-electron chi connectivity index (χ4n) is 6.08. The van der Waals surface area contributed by atoms with Gasteiger partial charge in [0, 0.05) is 17.3 Å². The van der Waals surface area contributed by atoms with Gasteiger partial charge in [-0.25, -0.2) is 22.0 Å². The molecule has 2 heterocycles. The number of pyridine rings is 1. The molecule has 0 saturated heterocycles. The number of benzene rings is 2. The van der Waals surface area contributed by atoms with Crippen LogP contribution >= 0.6 is 11.6 Å². The van der Waals surface area contributed by atoms with E-state index in [4.69, 9.17) is 11.6 Å². The van der Waals surface area contributed by atoms with E-state index in [1.165, 1.54) is 42.6 Å². The summed E-state index contributed by atoms with van der Waals surface area (Å²) in [5.74, 6) is -1.44. The zero-order valence-electron chi connectivity index (χ0n) is 22.9. The first-order chi connectivity index (χ1) is 20.9. The lowest BCUT2D eigenvalue weighted by molar-refractivity contribution is -0.140. The Morgan fingerprint density at radius 3 is 2.41 bits per heavy atom. The second kappa shape index (κ2) is 11.6. The van der Waals surface area contributed by atoms with Crippen molar-refractivity contribution in [3.63, 3.8) is 0 Å². The minimum absolute atomic E-state index is 0.0142. The van der Waals surface area contributed by atoms with Gasteiger partial charge >= 0.3 is 6.18 Å². The number of allylic oxidation sites excluding steroid dienone is 1. The summed E-state index contributed by atoms with van der Waals surface area (Å²) in [6.45, 7) is -1.49. The summed E-state index contributed by atoms with van der Waals surface area (Å²) in [5.41, 5.74) is 1.34. The van der Waals surface area contributed by atoms with Crippen LogP contribution in [0.2, 0.25) is 5.02 Å². The quantitative estimate of drug-likeness (QED) is 0.158. The van der Waals surface area contributed by atoms with E-state index in [0.717, 1.165) is 16.4 Å². The van der Waals surface area contributed by atoms with Gasteiger partial charge in [-0.1, -0.05) is 17.2 Å². The van der Waals surface area contributed by atoms with Gasteiger partial charge in [-0.15, -0.1) is 0 Å². The van der Waals surface area contributed by atoms with Crippen molar-refractivity contribution in [3.8, 4) is 5.69 Å². The largest absolute Gasteiger partial charge is 0.402 e. The fraction of sp³-hybridized carbons (Fsp3) is 0.258. The second-order valence-electron chi connectivity index (χ2n) is 10.9. The summed E-state index contributed by atoms with van der Waals surface area (Å²) in [7, 11) is -2.30. The average molecular weight is 647 g/mol. The second-order valence-corrected chi connectivity index (χ2v) is 12.7. The first kappa shape index (κ1) is 30.3. The van der Waals surface area contributed by atoms with Crippen LogP contribution in [0.3, 0.4) is 0 Å². The van der Waals surface area contributed by atoms with Gasteiger partial charge in [0.2, 0.25) is 0 Å². The Hall–Kier alpha value is -3.74. The Bertz CT molecular complexity index is 1780. The number of rotatable bonds is 7. The highest BCUT2D eigenvalue weighted by Crippen LogP contribution is 2.51. The third-order valence-electron chi connectivity index (χ3n) is 8.07. The third-order valence-corrected chi connectivity index (χ3v) is 9.83. The molecule has 1 saturated carbocycles. The normalized spacial score (nSPS) is 20.5. The van der Waals surface area contributed by atoms with Gasteiger partial charge < -0.3 is 0 Å². The highest BCUT2D eigenvalue weighted by Gasteiger charge is 2.52. The molecule has 0 radical (unpaired) electrons. The van der Waals surface area contributed by atoms with Crippen molar-refractivity contribution < 1.29 is 31.0 Å². The number of fused-ring (bicyclic) bond motifs is 2. The van der Waals surface area contributed by atoms with Crippen LogP contribution in [0, 0.1) is 17.0 Å². The molecule has 6 rings (SSSR count). The number of carbonyl (C=O) groups is 1. The summed E-state index contributed by atoms with van der Waals surface area (Å²) in [6.07, 6.45) is 0.494. The topological polar surface area (TPSA) is 68.1 Å². The molecule has 0 amide bonds. The highest BCUT2D eigenvalue weighted by molar-refractivity contribution is 7.82. The van der Waals surface area contributed by atoms with Crippen molar-refractivity contribution >= 4 is 34.4 Å². The standard InChI is InChI=1S/C31H24ClF5N4O2S/c32-21-11-12-38-27(14-21)29(42)30-15-19-17-39-41(24-7-2-22(33)3-8-24)28(19)13-20(30)1-6-25(16-30)40(18-31(35,36)37)44(43)26-9-4-23(34)5-10-26/h2-5,7-14,17,25H,1,6,15-16,18H2. The minimum Gasteiger partial charge on any atom is -0.291 e. The van der Waals surface area contributed by atoms with Crippen LogP contribution in [-0.4, -0.2) is 47.8 Å². The van der Waals surface area contributed by atoms with Gasteiger partial charge in [-0.2, -0.15) is 18.3 Å². The molecule has 2 aromatic heterocycles. The van der Waals surface area contributed by atoms with Gasteiger partial charge in [0.05, 0.1) is 27.9 Å². The molecule has 228 valence electrons. The zero-order valence-corrected chi connectivity index (χ0v) is 24.5. The van der Waals surface area contributed by atoms with Gasteiger partial charge in [0.1, 0.15) is 34.9 Å². The van der Waals surface area contributed by atoms with Crippen LogP contribution in [0.25, 0.3) is 11.8 Å². The lowest BCUT2D eigenvalue weighted by Crippen LogP contribution is -2.51. The van der Waals surface area contributed by atoms with E-state index in [1.54, 1.807) is 23.0 Å². The molecule has 13 heteroatoms. The Balaban J connectivity index is 1.43. The van der Waals surface area contributed by atoms with Crippen molar-refractivity contribution in [1.82, 2.24) is 19.1 Å². The van der Waals surface area contributed by atoms with E-state index >= 15 is 0 Å². The molecule has 2 aliphatic rings. The van der Waals surface area contributed by atoms with Crippen molar-refractivity contribution in [2.45, 2.75) is 42.8 Å². The van der Waals surface area contributed by atoms with E-state index in [1.807, 2.05) is 6.08 Å². The summed E-state index contributed by atoms with van der Waals surface area (Å²) in [6, 6.07) is 12.2. The molecular weight excluding hydrogens is 623 g/mol. The number of carbonyl (C=O) groups excluding carboxylic acids is 1. The zero-order chi connectivity index (χ0) is 31.2. The Morgan fingerprint density at radius 2 is 1.75 bits per heavy atom. The summed E-state index contributed by atoms with van der Waals surface area (Å²) < 4.78 is 85.0. The summed E-state index contributed by atoms with van der Waals surface area (Å²) in [4.78, 5) is 18.6. The van der Waals surface area contributed by atoms with Crippen LogP contribution in [0.4, 0.5) is 22.0 Å². The molecule has 3 unspecified atom stereocenters. The Labute approximate surface area is 256 Å². The van der Waals surface area contributed by atoms with Crippen LogP contribution < -0.4 is 0 Å². The smallest absolute Gasteiger partial charge is 0.291 e. The first-order valence-electron chi connectivity index (χ1n) is 13.6. The highest BCUT2D eigenvalue weighted by atomic mass is 35.5. The van der Waals surface area contributed by atoms with E-state index in [9.17, 15) is 31.0 Å². The SMILES string of the molecule is O=C(c1cc(Cl)ccn1)C12Cc3cnn(-c4ccc(F)cc4)c3C=C1CCC(N(CC(F)(F)F)S(=O)c1ccc(F)cc1)C2. The van der Waals surface area contributed by atoms with Crippen molar-refractivity contribution in [2.75, 3.05) is 6.54 Å². The van der Waals surface area contributed by atoms with Gasteiger partial charge in [0.25, 0.3) is 0 Å². The van der Waals surface area contributed by atoms with E-state index in [2.05, 4.69) is 10.1 Å². The number of hydrogen-bond acceptors (Lipinski definition) is 4. The van der Waals surface area contributed by atoms with Crippen LogP contribution in [0.1, 0.15) is 41.0 Å². The minimum atomic E-state index is -4.70. The van der Waals surface area contributed by atoms with Gasteiger partial charge in [-0.05, 0) is 98.0 Å². The van der Waals surface area contributed by atoms with Crippen LogP contribution in [-0.2, 0) is 17.4 Å². The molecule has 2 aliphatic carbocycles. The number of ketones is 1. The molecule has 0 bridgehead atoms. The summed E-state index contributed by atoms with van der Waals surface area (Å²) in [5, 5.41) is 4.75. The third kappa shape index (κ3) is 5.85. The number of halogens is 6. The lowest BCUT2D eigenvalue weighted by Gasteiger charge is -2.46. The molecule has 1 fully saturated rings. The van der Waals surface area contributed by atoms with E-state index in [0.29, 0.717) is 22.5 Å². The molecule has 6 nitrogen and oxygen atoms in total. The van der Waals surface area contributed by atoms with Crippen molar-refractivity contribution in [3.05, 3.63) is 112 Å². The lowest BCUT2D eigenvalue weighted by atomic mass is 9.60. The monoisotopic (exact) mass is 646 g/mol. The predicted octanol–water partition coefficient (Wildman–Crippen LogP) is 7.15. The Kier molecular flexibility index (Phi) is 8.02. The summed E-state index contributed by atoms with van der Waals surface area (Å²) >= 11 is 6.19. The molecular formula is C31H24ClF5N4O2S. The average Bonchev–Trinajstić information content (AvgIpc) is 3.40. The number of alkyl halides is 3. The molecule has 4 aromatic rings. The maximum absolute atomic E-state index is 14.4. The van der Waals surface area contributed by atoms with Crippen molar-refractivity contribution in [1.29, 1.82) is 0 Å². The Morgan fingerprint density at radius 1 is 1.07 bits per heavy atom. The molecule has 0 aliphatic heterocycles. The number of Topliss-reactive ketones (excluding diaryl/α,β-unsaturated/α-hetero) is 1. The fourth-order valence-corrected chi connectivity index (χ4v) is 7.59. The maximum atomic E-state index is 14.4. The molecule has 0 N–H and O–H groups in total. The van der Waals surface area contributed by atoms with Crippen LogP contribution in [0.5, 0.6) is 0 Å².